The number of amides is 2. The van der Waals surface area contributed by atoms with Crippen LogP contribution < -0.4 is 5.32 Å². The van der Waals surface area contributed by atoms with Crippen LogP contribution in [0.4, 0.5) is 23.2 Å². The van der Waals surface area contributed by atoms with Crippen molar-refractivity contribution in [3.63, 3.8) is 0 Å². The van der Waals surface area contributed by atoms with Crippen molar-refractivity contribution in [1.29, 1.82) is 0 Å². The minimum Gasteiger partial charge on any atom is -0.332 e. The first-order chi connectivity index (χ1) is 11.7. The molecule has 2 rings (SSSR count). The summed E-state index contributed by atoms with van der Waals surface area (Å²) >= 11 is 5.77. The first kappa shape index (κ1) is 18.7. The average Bonchev–Trinajstić information content (AvgIpc) is 2.55. The van der Waals surface area contributed by atoms with Crippen molar-refractivity contribution < 1.29 is 27.2 Å². The highest BCUT2D eigenvalue weighted by atomic mass is 35.5. The molecule has 2 aromatic carbocycles. The van der Waals surface area contributed by atoms with Crippen molar-refractivity contribution in [2.75, 3.05) is 18.9 Å². The molecule has 0 heterocycles. The molecule has 25 heavy (non-hydrogen) atoms. The molecular formula is C16H11ClF4N2O2. The molecule has 0 saturated heterocycles. The number of nitrogens with one attached hydrogen (secondary N) is 1. The minimum absolute atomic E-state index is 0.0302. The highest BCUT2D eigenvalue weighted by Crippen LogP contribution is 2.20. The maximum atomic E-state index is 13.5. The zero-order valence-corrected chi connectivity index (χ0v) is 13.5. The Balaban J connectivity index is 2.07. The molecule has 0 spiro atoms. The van der Waals surface area contributed by atoms with E-state index in [-0.39, 0.29) is 10.6 Å². The highest BCUT2D eigenvalue weighted by molar-refractivity contribution is 6.33. The van der Waals surface area contributed by atoms with E-state index in [2.05, 4.69) is 0 Å². The lowest BCUT2D eigenvalue weighted by Gasteiger charge is -2.17. The van der Waals surface area contributed by atoms with Crippen LogP contribution in [-0.4, -0.2) is 30.3 Å². The van der Waals surface area contributed by atoms with Gasteiger partial charge in [0.15, 0.2) is 17.5 Å². The Kier molecular flexibility index (Phi) is 5.63. The van der Waals surface area contributed by atoms with E-state index in [1.165, 1.54) is 7.05 Å². The van der Waals surface area contributed by atoms with Gasteiger partial charge < -0.3 is 10.2 Å². The second-order valence-electron chi connectivity index (χ2n) is 5.06. The first-order valence-electron chi connectivity index (χ1n) is 6.84. The molecule has 132 valence electrons. The van der Waals surface area contributed by atoms with Gasteiger partial charge in [0, 0.05) is 7.05 Å². The Hall–Kier alpha value is -2.61. The van der Waals surface area contributed by atoms with Gasteiger partial charge in [-0.15, -0.1) is 0 Å². The summed E-state index contributed by atoms with van der Waals surface area (Å²) in [5, 5.41) is 1.90. The molecule has 0 aliphatic carbocycles. The van der Waals surface area contributed by atoms with E-state index in [0.29, 0.717) is 6.07 Å². The van der Waals surface area contributed by atoms with Crippen LogP contribution in [0.1, 0.15) is 10.4 Å². The lowest BCUT2D eigenvalue weighted by atomic mass is 10.2. The van der Waals surface area contributed by atoms with Gasteiger partial charge >= 0.3 is 0 Å². The number of nitrogens with zero attached hydrogens (tertiary/aromatic N) is 1. The third-order valence-electron chi connectivity index (χ3n) is 3.20. The number of anilines is 1. The molecule has 2 aromatic rings. The Labute approximate surface area is 145 Å². The van der Waals surface area contributed by atoms with Crippen LogP contribution in [-0.2, 0) is 4.79 Å². The molecule has 1 N–H and O–H groups in total. The second-order valence-corrected chi connectivity index (χ2v) is 5.46. The molecule has 0 bridgehead atoms. The summed E-state index contributed by atoms with van der Waals surface area (Å²) in [5.41, 5.74) is -0.595. The van der Waals surface area contributed by atoms with Crippen molar-refractivity contribution >= 4 is 29.1 Å². The summed E-state index contributed by atoms with van der Waals surface area (Å²) in [5.74, 6) is -6.82. The zero-order valence-electron chi connectivity index (χ0n) is 12.7. The predicted octanol–water partition coefficient (Wildman–Crippen LogP) is 3.61. The molecular weight excluding hydrogens is 364 g/mol. The van der Waals surface area contributed by atoms with E-state index in [4.69, 9.17) is 11.6 Å². The zero-order chi connectivity index (χ0) is 18.7. The van der Waals surface area contributed by atoms with Crippen molar-refractivity contribution in [3.05, 3.63) is 64.2 Å². The van der Waals surface area contributed by atoms with Crippen molar-refractivity contribution in [3.8, 4) is 0 Å². The lowest BCUT2D eigenvalue weighted by Crippen LogP contribution is -2.35. The second kappa shape index (κ2) is 7.52. The number of likely N-dealkylation sites (N-methyl/N-ethyl adjacent to an activating group) is 1. The Morgan fingerprint density at radius 1 is 1.08 bits per heavy atom. The van der Waals surface area contributed by atoms with E-state index in [1.807, 2.05) is 5.32 Å². The molecule has 0 unspecified atom stereocenters. The number of carbonyl (C=O) groups excluding carboxylic acids is 2. The van der Waals surface area contributed by atoms with Crippen molar-refractivity contribution in [2.24, 2.45) is 0 Å². The molecule has 0 fully saturated rings. The van der Waals surface area contributed by atoms with Crippen LogP contribution in [0.2, 0.25) is 5.02 Å². The summed E-state index contributed by atoms with van der Waals surface area (Å²) in [6.07, 6.45) is 0. The maximum Gasteiger partial charge on any atom is 0.255 e. The number of benzene rings is 2. The van der Waals surface area contributed by atoms with Gasteiger partial charge in [0.25, 0.3) is 5.91 Å². The van der Waals surface area contributed by atoms with Crippen LogP contribution in [0.25, 0.3) is 0 Å². The van der Waals surface area contributed by atoms with Gasteiger partial charge in [0.05, 0.1) is 22.8 Å². The Morgan fingerprint density at radius 3 is 2.40 bits per heavy atom. The van der Waals surface area contributed by atoms with Crippen molar-refractivity contribution in [1.82, 2.24) is 4.90 Å². The Bertz CT molecular complexity index is 845. The molecule has 2 amide bonds. The van der Waals surface area contributed by atoms with E-state index in [0.717, 1.165) is 29.2 Å². The molecule has 0 radical (unpaired) electrons. The molecule has 0 aliphatic heterocycles. The van der Waals surface area contributed by atoms with Gasteiger partial charge in [0.1, 0.15) is 5.82 Å². The smallest absolute Gasteiger partial charge is 0.255 e. The predicted molar refractivity (Wildman–Crippen MR) is 83.3 cm³/mol. The number of hydrogen-bond donors (Lipinski definition) is 1. The average molecular weight is 375 g/mol. The topological polar surface area (TPSA) is 49.4 Å². The fourth-order valence-electron chi connectivity index (χ4n) is 1.97. The van der Waals surface area contributed by atoms with Crippen LogP contribution >= 0.6 is 11.6 Å². The standard InChI is InChI=1S/C16H11ClF4N2O2/c1-23(16(25)9-3-2-8(18)6-10(9)17)7-13(24)22-12-5-4-11(19)14(20)15(12)21/h2-6H,7H2,1H3,(H,22,24). The number of rotatable bonds is 4. The monoisotopic (exact) mass is 374 g/mol. The summed E-state index contributed by atoms with van der Waals surface area (Å²) in [7, 11) is 1.27. The van der Waals surface area contributed by atoms with Crippen LogP contribution in [0.3, 0.4) is 0 Å². The quantitative estimate of drug-likeness (QED) is 0.656. The van der Waals surface area contributed by atoms with Crippen LogP contribution in [0.5, 0.6) is 0 Å². The van der Waals surface area contributed by atoms with Gasteiger partial charge in [0.2, 0.25) is 5.91 Å². The number of halogens is 5. The SMILES string of the molecule is CN(CC(=O)Nc1ccc(F)c(F)c1F)C(=O)c1ccc(F)cc1Cl. The van der Waals surface area contributed by atoms with E-state index >= 15 is 0 Å². The third-order valence-corrected chi connectivity index (χ3v) is 3.51. The van der Waals surface area contributed by atoms with Gasteiger partial charge in [-0.05, 0) is 30.3 Å². The number of carbonyl (C=O) groups is 2. The summed E-state index contributed by atoms with van der Waals surface area (Å²) in [6, 6.07) is 4.64. The van der Waals surface area contributed by atoms with E-state index in [1.54, 1.807) is 0 Å². The molecule has 0 atom stereocenters. The lowest BCUT2D eigenvalue weighted by molar-refractivity contribution is -0.116. The summed E-state index contributed by atoms with van der Waals surface area (Å²) in [4.78, 5) is 25.0. The normalized spacial score (nSPS) is 10.5. The fraction of sp³-hybridized carbons (Fsp3) is 0.125. The van der Waals surface area contributed by atoms with Gasteiger partial charge in [-0.1, -0.05) is 11.6 Å². The fourth-order valence-corrected chi connectivity index (χ4v) is 2.22. The third kappa shape index (κ3) is 4.27. The van der Waals surface area contributed by atoms with E-state index in [9.17, 15) is 27.2 Å². The van der Waals surface area contributed by atoms with Gasteiger partial charge in [-0.25, -0.2) is 17.6 Å². The van der Waals surface area contributed by atoms with Crippen LogP contribution in [0, 0.1) is 23.3 Å². The molecule has 0 aliphatic rings. The Morgan fingerprint density at radius 2 is 1.76 bits per heavy atom. The first-order valence-corrected chi connectivity index (χ1v) is 7.22. The van der Waals surface area contributed by atoms with E-state index < -0.39 is 47.3 Å². The highest BCUT2D eigenvalue weighted by Gasteiger charge is 2.20. The molecule has 9 heteroatoms. The summed E-state index contributed by atoms with van der Waals surface area (Å²) in [6.45, 7) is -0.523. The van der Waals surface area contributed by atoms with Crippen molar-refractivity contribution in [2.45, 2.75) is 0 Å². The molecule has 0 aromatic heterocycles. The molecule has 4 nitrogen and oxygen atoms in total. The van der Waals surface area contributed by atoms with Gasteiger partial charge in [-0.3, -0.25) is 9.59 Å². The molecule has 0 saturated carbocycles. The summed E-state index contributed by atoms with van der Waals surface area (Å²) < 4.78 is 52.5. The van der Waals surface area contributed by atoms with Gasteiger partial charge in [-0.2, -0.15) is 0 Å². The minimum atomic E-state index is -1.72. The largest absolute Gasteiger partial charge is 0.332 e. The number of hydrogen-bond acceptors (Lipinski definition) is 2. The maximum absolute atomic E-state index is 13.5. The van der Waals surface area contributed by atoms with Crippen LogP contribution in [0.15, 0.2) is 30.3 Å².